The standard InChI is InChI=1S/C12H19NO/c1-8(2)9(3)12-10-5-7-14-11(10)4-6-13-12/h5,7-9,12-13H,4,6H2,1-3H3. The Morgan fingerprint density at radius 3 is 2.93 bits per heavy atom. The van der Waals surface area contributed by atoms with E-state index in [-0.39, 0.29) is 0 Å². The number of hydrogen-bond donors (Lipinski definition) is 1. The summed E-state index contributed by atoms with van der Waals surface area (Å²) in [5, 5.41) is 3.58. The summed E-state index contributed by atoms with van der Waals surface area (Å²) in [4.78, 5) is 0. The number of furan rings is 1. The molecule has 2 heteroatoms. The van der Waals surface area contributed by atoms with E-state index in [4.69, 9.17) is 4.42 Å². The molecule has 1 N–H and O–H groups in total. The summed E-state index contributed by atoms with van der Waals surface area (Å²) in [6, 6.07) is 2.60. The van der Waals surface area contributed by atoms with E-state index in [1.807, 2.05) is 6.26 Å². The predicted molar refractivity (Wildman–Crippen MR) is 57.2 cm³/mol. The van der Waals surface area contributed by atoms with Gasteiger partial charge in [-0.2, -0.15) is 0 Å². The fourth-order valence-electron chi connectivity index (χ4n) is 2.14. The van der Waals surface area contributed by atoms with Crippen molar-refractivity contribution in [1.82, 2.24) is 5.32 Å². The van der Waals surface area contributed by atoms with Crippen molar-refractivity contribution in [2.24, 2.45) is 11.8 Å². The Morgan fingerprint density at radius 1 is 1.43 bits per heavy atom. The van der Waals surface area contributed by atoms with Crippen LogP contribution < -0.4 is 5.32 Å². The summed E-state index contributed by atoms with van der Waals surface area (Å²) in [6.07, 6.45) is 2.85. The normalized spacial score (nSPS) is 23.6. The third kappa shape index (κ3) is 1.59. The molecule has 0 fully saturated rings. The molecule has 2 rings (SSSR count). The highest BCUT2D eigenvalue weighted by molar-refractivity contribution is 5.25. The van der Waals surface area contributed by atoms with Crippen molar-refractivity contribution in [3.05, 3.63) is 23.7 Å². The van der Waals surface area contributed by atoms with E-state index in [0.29, 0.717) is 17.9 Å². The molecule has 0 spiro atoms. The highest BCUT2D eigenvalue weighted by atomic mass is 16.3. The maximum Gasteiger partial charge on any atom is 0.109 e. The molecule has 0 saturated heterocycles. The van der Waals surface area contributed by atoms with Gasteiger partial charge in [0, 0.05) is 24.6 Å². The van der Waals surface area contributed by atoms with Gasteiger partial charge in [-0.25, -0.2) is 0 Å². The first-order valence-corrected chi connectivity index (χ1v) is 5.50. The molecule has 0 aliphatic carbocycles. The van der Waals surface area contributed by atoms with Crippen LogP contribution in [0.15, 0.2) is 16.7 Å². The van der Waals surface area contributed by atoms with E-state index < -0.39 is 0 Å². The van der Waals surface area contributed by atoms with Gasteiger partial charge in [-0.05, 0) is 17.9 Å². The van der Waals surface area contributed by atoms with Crippen molar-refractivity contribution < 1.29 is 4.42 Å². The highest BCUT2D eigenvalue weighted by Gasteiger charge is 2.28. The van der Waals surface area contributed by atoms with Gasteiger partial charge in [-0.15, -0.1) is 0 Å². The Morgan fingerprint density at radius 2 is 2.21 bits per heavy atom. The van der Waals surface area contributed by atoms with Crippen molar-refractivity contribution in [3.8, 4) is 0 Å². The highest BCUT2D eigenvalue weighted by Crippen LogP contribution is 2.32. The van der Waals surface area contributed by atoms with Crippen LogP contribution in [0.3, 0.4) is 0 Å². The third-order valence-corrected chi connectivity index (χ3v) is 3.41. The van der Waals surface area contributed by atoms with Crippen LogP contribution in [0.1, 0.15) is 38.1 Å². The van der Waals surface area contributed by atoms with Crippen LogP contribution in [0.5, 0.6) is 0 Å². The Balaban J connectivity index is 2.23. The maximum absolute atomic E-state index is 5.48. The lowest BCUT2D eigenvalue weighted by Crippen LogP contribution is -2.34. The lowest BCUT2D eigenvalue weighted by molar-refractivity contribution is 0.285. The molecule has 2 nitrogen and oxygen atoms in total. The summed E-state index contributed by atoms with van der Waals surface area (Å²) < 4.78 is 5.48. The van der Waals surface area contributed by atoms with Crippen LogP contribution in [0, 0.1) is 11.8 Å². The summed E-state index contributed by atoms with van der Waals surface area (Å²) in [6.45, 7) is 7.91. The van der Waals surface area contributed by atoms with Gasteiger partial charge in [0.2, 0.25) is 0 Å². The molecule has 0 radical (unpaired) electrons. The molecule has 2 heterocycles. The zero-order valence-electron chi connectivity index (χ0n) is 9.21. The molecule has 78 valence electrons. The first-order chi connectivity index (χ1) is 6.70. The summed E-state index contributed by atoms with van der Waals surface area (Å²) >= 11 is 0. The first kappa shape index (κ1) is 9.78. The second-order valence-electron chi connectivity index (χ2n) is 4.58. The second-order valence-corrected chi connectivity index (χ2v) is 4.58. The van der Waals surface area contributed by atoms with E-state index in [0.717, 1.165) is 13.0 Å². The smallest absolute Gasteiger partial charge is 0.109 e. The largest absolute Gasteiger partial charge is 0.469 e. The molecule has 14 heavy (non-hydrogen) atoms. The fourth-order valence-corrected chi connectivity index (χ4v) is 2.14. The van der Waals surface area contributed by atoms with Crippen LogP contribution in [0.2, 0.25) is 0 Å². The van der Waals surface area contributed by atoms with Crippen molar-refractivity contribution in [3.63, 3.8) is 0 Å². The lowest BCUT2D eigenvalue weighted by Gasteiger charge is -2.31. The van der Waals surface area contributed by atoms with E-state index in [1.165, 1.54) is 11.3 Å². The average molecular weight is 193 g/mol. The van der Waals surface area contributed by atoms with Crippen molar-refractivity contribution in [2.45, 2.75) is 33.2 Å². The van der Waals surface area contributed by atoms with Crippen LogP contribution in [-0.4, -0.2) is 6.54 Å². The first-order valence-electron chi connectivity index (χ1n) is 5.50. The summed E-state index contributed by atoms with van der Waals surface area (Å²) in [5.41, 5.74) is 1.37. The topological polar surface area (TPSA) is 25.2 Å². The molecule has 0 amide bonds. The van der Waals surface area contributed by atoms with Crippen LogP contribution >= 0.6 is 0 Å². The number of rotatable bonds is 2. The molecule has 1 aromatic rings. The Bertz CT molecular complexity index is 303. The molecule has 0 bridgehead atoms. The van der Waals surface area contributed by atoms with Gasteiger partial charge in [0.05, 0.1) is 6.26 Å². The van der Waals surface area contributed by atoms with E-state index in [9.17, 15) is 0 Å². The molecule has 1 aliphatic heterocycles. The monoisotopic (exact) mass is 193 g/mol. The van der Waals surface area contributed by atoms with Crippen molar-refractivity contribution in [2.75, 3.05) is 6.54 Å². The quantitative estimate of drug-likeness (QED) is 0.781. The molecule has 0 aromatic carbocycles. The minimum atomic E-state index is 0.484. The van der Waals surface area contributed by atoms with Gasteiger partial charge >= 0.3 is 0 Å². The lowest BCUT2D eigenvalue weighted by atomic mass is 9.84. The van der Waals surface area contributed by atoms with Gasteiger partial charge in [0.1, 0.15) is 5.76 Å². The third-order valence-electron chi connectivity index (χ3n) is 3.41. The molecular formula is C12H19NO. The molecule has 1 aliphatic rings. The van der Waals surface area contributed by atoms with Gasteiger partial charge in [0.15, 0.2) is 0 Å². The van der Waals surface area contributed by atoms with Gasteiger partial charge in [0.25, 0.3) is 0 Å². The number of fused-ring (bicyclic) bond motifs is 1. The fraction of sp³-hybridized carbons (Fsp3) is 0.667. The van der Waals surface area contributed by atoms with Crippen LogP contribution in [0.25, 0.3) is 0 Å². The summed E-state index contributed by atoms with van der Waals surface area (Å²) in [5.74, 6) is 2.54. The van der Waals surface area contributed by atoms with E-state index in [1.54, 1.807) is 0 Å². The molecule has 1 aromatic heterocycles. The van der Waals surface area contributed by atoms with Gasteiger partial charge < -0.3 is 9.73 Å². The summed E-state index contributed by atoms with van der Waals surface area (Å²) in [7, 11) is 0. The second kappa shape index (κ2) is 3.77. The molecule has 2 unspecified atom stereocenters. The van der Waals surface area contributed by atoms with Crippen LogP contribution in [-0.2, 0) is 6.42 Å². The zero-order chi connectivity index (χ0) is 10.1. The minimum absolute atomic E-state index is 0.484. The van der Waals surface area contributed by atoms with Gasteiger partial charge in [-0.1, -0.05) is 20.8 Å². The minimum Gasteiger partial charge on any atom is -0.469 e. The molecular weight excluding hydrogens is 174 g/mol. The predicted octanol–water partition coefficient (Wildman–Crippen LogP) is 2.76. The van der Waals surface area contributed by atoms with Crippen LogP contribution in [0.4, 0.5) is 0 Å². The van der Waals surface area contributed by atoms with E-state index >= 15 is 0 Å². The van der Waals surface area contributed by atoms with Crippen molar-refractivity contribution >= 4 is 0 Å². The number of hydrogen-bond acceptors (Lipinski definition) is 2. The SMILES string of the molecule is CC(C)C(C)C1NCCc2occc21. The maximum atomic E-state index is 5.48. The Hall–Kier alpha value is -0.760. The molecule has 0 saturated carbocycles. The molecule has 2 atom stereocenters. The Labute approximate surface area is 85.7 Å². The zero-order valence-corrected chi connectivity index (χ0v) is 9.21. The Kier molecular flexibility index (Phi) is 2.64. The van der Waals surface area contributed by atoms with Gasteiger partial charge in [-0.3, -0.25) is 0 Å². The van der Waals surface area contributed by atoms with E-state index in [2.05, 4.69) is 32.2 Å². The number of nitrogens with one attached hydrogen (secondary N) is 1. The average Bonchev–Trinajstić information content (AvgIpc) is 2.63. The van der Waals surface area contributed by atoms with Crippen molar-refractivity contribution in [1.29, 1.82) is 0 Å².